The lowest BCUT2D eigenvalue weighted by molar-refractivity contribution is 0.139. The van der Waals surface area contributed by atoms with E-state index in [0.29, 0.717) is 36.0 Å². The van der Waals surface area contributed by atoms with Gasteiger partial charge >= 0.3 is 0 Å². The van der Waals surface area contributed by atoms with Crippen molar-refractivity contribution in [2.75, 3.05) is 39.3 Å². The van der Waals surface area contributed by atoms with E-state index in [4.69, 9.17) is 5.73 Å². The summed E-state index contributed by atoms with van der Waals surface area (Å²) in [6.07, 6.45) is 15.4. The maximum atomic E-state index is 9.69. The monoisotopic (exact) mass is 620 g/mol. The number of hydrogen-bond acceptors (Lipinski definition) is 5. The number of nitrogens with zero attached hydrogens (tertiary/aromatic N) is 5. The largest absolute Gasteiger partial charge is 0.370 e. The summed E-state index contributed by atoms with van der Waals surface area (Å²) in [6, 6.07) is 11.1. The molecule has 5 atom stereocenters. The van der Waals surface area contributed by atoms with Gasteiger partial charge in [-0.25, -0.2) is 0 Å². The summed E-state index contributed by atoms with van der Waals surface area (Å²) in [6.45, 7) is 17.5. The maximum absolute atomic E-state index is 9.69. The Hall–Kier alpha value is -2.28. The summed E-state index contributed by atoms with van der Waals surface area (Å²) < 4.78 is 0. The molecule has 1 aliphatic carbocycles. The Labute approximate surface area is 275 Å². The van der Waals surface area contributed by atoms with Crippen molar-refractivity contribution < 1.29 is 0 Å². The van der Waals surface area contributed by atoms with Crippen LogP contribution in [-0.2, 0) is 6.42 Å². The minimum Gasteiger partial charge on any atom is -0.370 e. The number of hydrogen-bond donors (Lipinski definition) is 2. The third-order valence-electron chi connectivity index (χ3n) is 11.4. The molecule has 3 fully saturated rings. The molecule has 1 aromatic carbocycles. The molecule has 7 nitrogen and oxygen atoms in total. The first kappa shape index (κ1) is 34.1. The van der Waals surface area contributed by atoms with E-state index in [0.717, 1.165) is 57.0 Å². The molecule has 3 aliphatic heterocycles. The first-order valence-corrected chi connectivity index (χ1v) is 18.7. The molecule has 5 rings (SSSR count). The Morgan fingerprint density at radius 3 is 2.38 bits per heavy atom. The first-order chi connectivity index (χ1) is 21.7. The minimum absolute atomic E-state index is 0.400. The Kier molecular flexibility index (Phi) is 12.1. The molecule has 7 heteroatoms. The van der Waals surface area contributed by atoms with Gasteiger partial charge in [0.25, 0.3) is 0 Å². The van der Waals surface area contributed by atoms with Crippen LogP contribution in [0.4, 0.5) is 0 Å². The van der Waals surface area contributed by atoms with Crippen molar-refractivity contribution in [2.24, 2.45) is 22.6 Å². The van der Waals surface area contributed by atoms with Crippen molar-refractivity contribution >= 4 is 11.9 Å². The van der Waals surface area contributed by atoms with E-state index in [-0.39, 0.29) is 0 Å². The lowest BCUT2D eigenvalue weighted by atomic mass is 9.84. The van der Waals surface area contributed by atoms with Crippen LogP contribution in [0.3, 0.4) is 0 Å². The van der Waals surface area contributed by atoms with Crippen molar-refractivity contribution in [3.63, 3.8) is 0 Å². The van der Waals surface area contributed by atoms with Crippen molar-refractivity contribution in [2.45, 2.75) is 142 Å². The number of nitrogens with one attached hydrogen (secondary N) is 1. The number of rotatable bonds is 15. The molecule has 0 spiro atoms. The van der Waals surface area contributed by atoms with E-state index in [9.17, 15) is 5.41 Å². The minimum atomic E-state index is 0.400. The van der Waals surface area contributed by atoms with Crippen LogP contribution in [0.1, 0.15) is 122 Å². The van der Waals surface area contributed by atoms with Crippen LogP contribution in [-0.4, -0.2) is 95.0 Å². The average Bonchev–Trinajstić information content (AvgIpc) is 3.70. The SMILES string of the molecule is CCCC[C@@H]1CN([C@@H](CC2CCCCC2)CN2CCCC2CN2C(N)=NC[C@@H]2C)C(=N)N1CC(C)c1ccc(CC(C)C)cc1. The van der Waals surface area contributed by atoms with E-state index in [1.807, 2.05) is 0 Å². The Bertz CT molecular complexity index is 1090. The van der Waals surface area contributed by atoms with Gasteiger partial charge in [-0.1, -0.05) is 96.9 Å². The fourth-order valence-corrected chi connectivity index (χ4v) is 8.71. The second-order valence-electron chi connectivity index (χ2n) is 15.5. The van der Waals surface area contributed by atoms with Gasteiger partial charge in [-0.2, -0.15) is 0 Å². The van der Waals surface area contributed by atoms with Gasteiger partial charge in [-0.05, 0) is 74.5 Å². The second kappa shape index (κ2) is 16.0. The van der Waals surface area contributed by atoms with Gasteiger partial charge in [-0.3, -0.25) is 15.3 Å². The van der Waals surface area contributed by atoms with Crippen molar-refractivity contribution in [3.8, 4) is 0 Å². The van der Waals surface area contributed by atoms with Crippen LogP contribution >= 0.6 is 0 Å². The number of unbranched alkanes of at least 4 members (excludes halogenated alkanes) is 1. The first-order valence-electron chi connectivity index (χ1n) is 18.7. The van der Waals surface area contributed by atoms with Crippen molar-refractivity contribution in [3.05, 3.63) is 35.4 Å². The highest BCUT2D eigenvalue weighted by atomic mass is 15.5. The molecule has 45 heavy (non-hydrogen) atoms. The zero-order valence-corrected chi connectivity index (χ0v) is 29.4. The maximum Gasteiger partial charge on any atom is 0.194 e. The van der Waals surface area contributed by atoms with Gasteiger partial charge in [-0.15, -0.1) is 0 Å². The van der Waals surface area contributed by atoms with Gasteiger partial charge in [0.05, 0.1) is 6.54 Å². The number of nitrogens with two attached hydrogens (primary N) is 1. The summed E-state index contributed by atoms with van der Waals surface area (Å²) in [4.78, 5) is 14.7. The summed E-state index contributed by atoms with van der Waals surface area (Å²) in [5.74, 6) is 3.40. The predicted octanol–water partition coefficient (Wildman–Crippen LogP) is 6.92. The second-order valence-corrected chi connectivity index (χ2v) is 15.5. The lowest BCUT2D eigenvalue weighted by Crippen LogP contribution is -2.52. The van der Waals surface area contributed by atoms with E-state index in [1.165, 1.54) is 88.3 Å². The molecule has 0 amide bonds. The van der Waals surface area contributed by atoms with E-state index in [1.54, 1.807) is 0 Å². The number of likely N-dealkylation sites (tertiary alicyclic amines) is 1. The molecular formula is C38H65N7. The summed E-state index contributed by atoms with van der Waals surface area (Å²) in [5.41, 5.74) is 9.17. The number of aliphatic imine (C=N–C) groups is 1. The standard InChI is InChI=1S/C38H65N7/c1-6-7-14-35-27-45(38(40)44(35)24-29(4)33-18-16-32(17-19-33)21-28(2)3)36(22-31-12-9-8-10-13-31)25-42-20-11-15-34(42)26-43-30(5)23-41-37(43)39/h16-19,28-31,34-36,40H,6-15,20-27H2,1-5H3,(H2,39,41)/t29?,30-,34?,35+,36-/m0/s1. The molecular weight excluding hydrogens is 554 g/mol. The van der Waals surface area contributed by atoms with Crippen LogP contribution in [0.5, 0.6) is 0 Å². The van der Waals surface area contributed by atoms with Crippen LogP contribution in [0.25, 0.3) is 0 Å². The molecule has 0 bridgehead atoms. The fraction of sp³-hybridized carbons (Fsp3) is 0.789. The predicted molar refractivity (Wildman–Crippen MR) is 190 cm³/mol. The molecule has 252 valence electrons. The van der Waals surface area contributed by atoms with E-state index >= 15 is 0 Å². The molecule has 0 radical (unpaired) electrons. The molecule has 4 aliphatic rings. The third kappa shape index (κ3) is 8.75. The molecule has 2 unspecified atom stereocenters. The zero-order valence-electron chi connectivity index (χ0n) is 29.4. The van der Waals surface area contributed by atoms with Gasteiger partial charge in [0.15, 0.2) is 11.9 Å². The topological polar surface area (TPSA) is 75.2 Å². The molecule has 1 saturated carbocycles. The van der Waals surface area contributed by atoms with Crippen LogP contribution in [0.2, 0.25) is 0 Å². The van der Waals surface area contributed by atoms with Gasteiger partial charge in [0.2, 0.25) is 0 Å². The van der Waals surface area contributed by atoms with E-state index in [2.05, 4.69) is 83.5 Å². The fourth-order valence-electron chi connectivity index (χ4n) is 8.71. The molecule has 3 heterocycles. The summed E-state index contributed by atoms with van der Waals surface area (Å²) in [7, 11) is 0. The van der Waals surface area contributed by atoms with Crippen LogP contribution < -0.4 is 5.73 Å². The Morgan fingerprint density at radius 2 is 1.71 bits per heavy atom. The van der Waals surface area contributed by atoms with Gasteiger partial charge in [0.1, 0.15) is 0 Å². The average molecular weight is 620 g/mol. The number of benzene rings is 1. The molecule has 0 aromatic heterocycles. The molecule has 2 saturated heterocycles. The highest BCUT2D eigenvalue weighted by molar-refractivity contribution is 5.80. The molecule has 1 aromatic rings. The normalized spacial score (nSPS) is 26.4. The molecule has 3 N–H and O–H groups in total. The van der Waals surface area contributed by atoms with Gasteiger partial charge in [0, 0.05) is 50.3 Å². The summed E-state index contributed by atoms with van der Waals surface area (Å²) >= 11 is 0. The Morgan fingerprint density at radius 1 is 0.956 bits per heavy atom. The van der Waals surface area contributed by atoms with Crippen LogP contribution in [0, 0.1) is 17.2 Å². The highest BCUT2D eigenvalue weighted by Crippen LogP contribution is 2.34. The number of guanidine groups is 2. The van der Waals surface area contributed by atoms with Crippen LogP contribution in [0.15, 0.2) is 29.3 Å². The third-order valence-corrected chi connectivity index (χ3v) is 11.4. The van der Waals surface area contributed by atoms with E-state index < -0.39 is 0 Å². The quantitative estimate of drug-likeness (QED) is 0.223. The summed E-state index contributed by atoms with van der Waals surface area (Å²) in [5, 5.41) is 9.69. The van der Waals surface area contributed by atoms with Gasteiger partial charge < -0.3 is 20.4 Å². The highest BCUT2D eigenvalue weighted by Gasteiger charge is 2.41. The van der Waals surface area contributed by atoms with Crippen molar-refractivity contribution in [1.29, 1.82) is 5.41 Å². The smallest absolute Gasteiger partial charge is 0.194 e. The Balaban J connectivity index is 1.31. The lowest BCUT2D eigenvalue weighted by Gasteiger charge is -2.39. The zero-order chi connectivity index (χ0) is 31.9. The van der Waals surface area contributed by atoms with Crippen molar-refractivity contribution in [1.82, 2.24) is 19.6 Å².